The molecule has 0 atom stereocenters. The molecule has 0 aliphatic rings. The molecule has 9 aromatic carbocycles. The fourth-order valence-electron chi connectivity index (χ4n) is 8.42. The number of rotatable bonds is 6. The first-order valence-electron chi connectivity index (χ1n) is 18.8. The summed E-state index contributed by atoms with van der Waals surface area (Å²) in [6, 6.07) is 73.9. The molecular formula is C52H34N2O. The highest BCUT2D eigenvalue weighted by Crippen LogP contribution is 2.43. The molecule has 0 aliphatic heterocycles. The number of para-hydroxylation sites is 2. The largest absolute Gasteiger partial charge is 0.455 e. The van der Waals surface area contributed by atoms with Crippen LogP contribution in [0.3, 0.4) is 0 Å². The third-order valence-corrected chi connectivity index (χ3v) is 11.0. The van der Waals surface area contributed by atoms with Crippen molar-refractivity contribution in [3.63, 3.8) is 0 Å². The third kappa shape index (κ3) is 5.13. The Labute approximate surface area is 318 Å². The molecule has 0 radical (unpaired) electrons. The lowest BCUT2D eigenvalue weighted by molar-refractivity contribution is 0.673. The summed E-state index contributed by atoms with van der Waals surface area (Å²) in [5.41, 5.74) is 13.3. The van der Waals surface area contributed by atoms with Crippen LogP contribution in [0.4, 0.5) is 17.1 Å². The molecule has 258 valence electrons. The van der Waals surface area contributed by atoms with E-state index in [0.717, 1.165) is 61.2 Å². The fraction of sp³-hybridized carbons (Fsp3) is 0. The average Bonchev–Trinajstić information content (AvgIpc) is 3.81. The first-order valence-corrected chi connectivity index (χ1v) is 18.8. The van der Waals surface area contributed by atoms with Crippen LogP contribution in [-0.4, -0.2) is 4.57 Å². The number of furan rings is 1. The monoisotopic (exact) mass is 702 g/mol. The molecule has 11 aromatic rings. The normalized spacial score (nSPS) is 11.6. The van der Waals surface area contributed by atoms with Gasteiger partial charge in [-0.05, 0) is 94.4 Å². The van der Waals surface area contributed by atoms with Gasteiger partial charge in [-0.25, -0.2) is 0 Å². The minimum Gasteiger partial charge on any atom is -0.455 e. The second kappa shape index (κ2) is 12.6. The standard InChI is InChI=1S/C52H34N2O/c1-3-12-35(13-4-1)36-22-27-40(28-23-36)53(42-31-33-46-45-18-9-10-20-48(45)54(49(46)34-42)39-15-5-2-6-16-39)41-29-24-38(25-30-41)43-19-11-21-50-51(43)47-32-26-37-14-7-8-17-44(37)52(47)55-50/h1-34H. The molecule has 11 rings (SSSR count). The van der Waals surface area contributed by atoms with E-state index in [1.807, 2.05) is 0 Å². The van der Waals surface area contributed by atoms with Crippen LogP contribution in [0.2, 0.25) is 0 Å². The van der Waals surface area contributed by atoms with Crippen molar-refractivity contribution in [3.05, 3.63) is 206 Å². The van der Waals surface area contributed by atoms with Gasteiger partial charge in [0.05, 0.1) is 11.0 Å². The summed E-state index contributed by atoms with van der Waals surface area (Å²) in [5, 5.41) is 7.06. The molecule has 0 saturated carbocycles. The first kappa shape index (κ1) is 31.2. The number of fused-ring (bicyclic) bond motifs is 8. The van der Waals surface area contributed by atoms with Crippen LogP contribution in [-0.2, 0) is 0 Å². The molecule has 0 amide bonds. The van der Waals surface area contributed by atoms with Gasteiger partial charge in [0, 0.05) is 49.7 Å². The Morgan fingerprint density at radius 1 is 0.382 bits per heavy atom. The number of nitrogens with zero attached hydrogens (tertiary/aromatic N) is 2. The molecule has 0 saturated heterocycles. The molecule has 0 spiro atoms. The maximum absolute atomic E-state index is 6.54. The highest BCUT2D eigenvalue weighted by atomic mass is 16.3. The highest BCUT2D eigenvalue weighted by Gasteiger charge is 2.19. The third-order valence-electron chi connectivity index (χ3n) is 11.0. The number of hydrogen-bond donors (Lipinski definition) is 0. The fourth-order valence-corrected chi connectivity index (χ4v) is 8.42. The van der Waals surface area contributed by atoms with Crippen LogP contribution in [0, 0.1) is 0 Å². The van der Waals surface area contributed by atoms with Gasteiger partial charge in [-0.3, -0.25) is 0 Å². The van der Waals surface area contributed by atoms with E-state index in [1.165, 1.54) is 38.3 Å². The lowest BCUT2D eigenvalue weighted by Crippen LogP contribution is -2.10. The first-order chi connectivity index (χ1) is 27.3. The van der Waals surface area contributed by atoms with Gasteiger partial charge in [0.2, 0.25) is 0 Å². The number of aromatic nitrogens is 1. The lowest BCUT2D eigenvalue weighted by atomic mass is 9.98. The molecule has 3 nitrogen and oxygen atoms in total. The van der Waals surface area contributed by atoms with Gasteiger partial charge in [-0.1, -0.05) is 140 Å². The molecule has 2 aromatic heterocycles. The van der Waals surface area contributed by atoms with Crippen LogP contribution in [0.15, 0.2) is 211 Å². The molecule has 0 bridgehead atoms. The van der Waals surface area contributed by atoms with Gasteiger partial charge >= 0.3 is 0 Å². The minimum absolute atomic E-state index is 0.898. The predicted octanol–water partition coefficient (Wildman–Crippen LogP) is 14.6. The summed E-state index contributed by atoms with van der Waals surface area (Å²) in [6.07, 6.45) is 0. The van der Waals surface area contributed by atoms with Crippen LogP contribution in [0.25, 0.3) is 82.5 Å². The number of hydrogen-bond acceptors (Lipinski definition) is 2. The second-order valence-corrected chi connectivity index (χ2v) is 14.1. The van der Waals surface area contributed by atoms with E-state index in [4.69, 9.17) is 4.42 Å². The molecule has 0 fully saturated rings. The van der Waals surface area contributed by atoms with Crippen LogP contribution in [0.5, 0.6) is 0 Å². The van der Waals surface area contributed by atoms with E-state index >= 15 is 0 Å². The van der Waals surface area contributed by atoms with E-state index in [0.29, 0.717) is 0 Å². The average molecular weight is 703 g/mol. The van der Waals surface area contributed by atoms with Gasteiger partial charge in [0.25, 0.3) is 0 Å². The maximum atomic E-state index is 6.54. The Kier molecular flexibility index (Phi) is 7.17. The van der Waals surface area contributed by atoms with Crippen molar-refractivity contribution in [1.29, 1.82) is 0 Å². The zero-order chi connectivity index (χ0) is 36.3. The van der Waals surface area contributed by atoms with Gasteiger partial charge in [0.15, 0.2) is 0 Å². The number of anilines is 3. The van der Waals surface area contributed by atoms with Gasteiger partial charge in [0.1, 0.15) is 11.2 Å². The van der Waals surface area contributed by atoms with Crippen molar-refractivity contribution in [2.24, 2.45) is 0 Å². The zero-order valence-corrected chi connectivity index (χ0v) is 29.9. The van der Waals surface area contributed by atoms with Crippen LogP contribution >= 0.6 is 0 Å². The summed E-state index contributed by atoms with van der Waals surface area (Å²) in [6.45, 7) is 0. The van der Waals surface area contributed by atoms with E-state index < -0.39 is 0 Å². The molecule has 3 heteroatoms. The smallest absolute Gasteiger partial charge is 0.143 e. The quantitative estimate of drug-likeness (QED) is 0.172. The Bertz CT molecular complexity index is 3180. The Hall–Kier alpha value is -7.36. The van der Waals surface area contributed by atoms with Gasteiger partial charge in [-0.2, -0.15) is 0 Å². The minimum atomic E-state index is 0.898. The Balaban J connectivity index is 1.07. The molecule has 55 heavy (non-hydrogen) atoms. The van der Waals surface area contributed by atoms with E-state index in [-0.39, 0.29) is 0 Å². The van der Waals surface area contributed by atoms with Crippen molar-refractivity contribution in [3.8, 4) is 27.9 Å². The second-order valence-electron chi connectivity index (χ2n) is 14.1. The summed E-state index contributed by atoms with van der Waals surface area (Å²) < 4.78 is 8.92. The van der Waals surface area contributed by atoms with E-state index in [9.17, 15) is 0 Å². The molecule has 0 unspecified atom stereocenters. The van der Waals surface area contributed by atoms with Gasteiger partial charge < -0.3 is 13.9 Å². The van der Waals surface area contributed by atoms with Crippen molar-refractivity contribution < 1.29 is 4.42 Å². The molecule has 2 heterocycles. The van der Waals surface area contributed by atoms with Crippen molar-refractivity contribution in [1.82, 2.24) is 4.57 Å². The maximum Gasteiger partial charge on any atom is 0.143 e. The summed E-state index contributed by atoms with van der Waals surface area (Å²) in [4.78, 5) is 2.37. The van der Waals surface area contributed by atoms with Crippen LogP contribution in [0.1, 0.15) is 0 Å². The van der Waals surface area contributed by atoms with E-state index in [1.54, 1.807) is 0 Å². The Morgan fingerprint density at radius 2 is 0.982 bits per heavy atom. The molecular weight excluding hydrogens is 669 g/mol. The predicted molar refractivity (Wildman–Crippen MR) is 231 cm³/mol. The number of benzene rings is 9. The molecule has 0 aliphatic carbocycles. The SMILES string of the molecule is c1ccc(-c2ccc(N(c3ccc(-c4cccc5oc6c7ccccc7ccc6c45)cc3)c3ccc4c5ccccc5n(-c5ccccc5)c4c3)cc2)cc1. The zero-order valence-electron chi connectivity index (χ0n) is 29.9. The van der Waals surface area contributed by atoms with E-state index in [2.05, 4.69) is 216 Å². The Morgan fingerprint density at radius 3 is 1.76 bits per heavy atom. The summed E-state index contributed by atoms with van der Waals surface area (Å²) >= 11 is 0. The topological polar surface area (TPSA) is 21.3 Å². The van der Waals surface area contributed by atoms with Crippen molar-refractivity contribution in [2.75, 3.05) is 4.90 Å². The van der Waals surface area contributed by atoms with Crippen LogP contribution < -0.4 is 4.90 Å². The highest BCUT2D eigenvalue weighted by molar-refractivity contribution is 6.19. The van der Waals surface area contributed by atoms with Crippen molar-refractivity contribution >= 4 is 71.6 Å². The lowest BCUT2D eigenvalue weighted by Gasteiger charge is -2.26. The summed E-state index contributed by atoms with van der Waals surface area (Å²) in [7, 11) is 0. The molecule has 0 N–H and O–H groups in total. The van der Waals surface area contributed by atoms with Gasteiger partial charge in [-0.15, -0.1) is 0 Å². The summed E-state index contributed by atoms with van der Waals surface area (Å²) in [5.74, 6) is 0. The van der Waals surface area contributed by atoms with Crippen molar-refractivity contribution in [2.45, 2.75) is 0 Å².